The van der Waals surface area contributed by atoms with Gasteiger partial charge in [0.25, 0.3) is 11.8 Å². The number of nitriles is 1. The summed E-state index contributed by atoms with van der Waals surface area (Å²) >= 11 is 0. The molecule has 0 aromatic heterocycles. The van der Waals surface area contributed by atoms with Crippen LogP contribution in [0.2, 0.25) is 0 Å². The normalized spacial score (nSPS) is 10.7. The lowest BCUT2D eigenvalue weighted by Crippen LogP contribution is -2.20. The quantitative estimate of drug-likeness (QED) is 0.417. The van der Waals surface area contributed by atoms with Crippen LogP contribution >= 0.6 is 0 Å². The van der Waals surface area contributed by atoms with Gasteiger partial charge in [0.1, 0.15) is 17.4 Å². The van der Waals surface area contributed by atoms with Crippen molar-refractivity contribution in [1.29, 1.82) is 5.26 Å². The molecule has 0 saturated carbocycles. The molecule has 0 spiro atoms. The molecule has 0 atom stereocenters. The molecule has 6 nitrogen and oxygen atoms in total. The minimum absolute atomic E-state index is 0.0182. The maximum Gasteiger partial charge on any atom is 0.266 e. The molecule has 3 aromatic carbocycles. The van der Waals surface area contributed by atoms with E-state index in [0.717, 1.165) is 16.8 Å². The van der Waals surface area contributed by atoms with Crippen LogP contribution in [0.3, 0.4) is 0 Å². The van der Waals surface area contributed by atoms with Crippen molar-refractivity contribution in [1.82, 2.24) is 0 Å². The average molecular weight is 425 g/mol. The number of hydrogen-bond donors (Lipinski definition) is 2. The summed E-state index contributed by atoms with van der Waals surface area (Å²) in [5.74, 6) is -0.242. The van der Waals surface area contributed by atoms with Crippen LogP contribution in [0.1, 0.15) is 16.7 Å². The predicted octanol–water partition coefficient (Wildman–Crippen LogP) is 4.87. The maximum atomic E-state index is 12.3. The van der Waals surface area contributed by atoms with Gasteiger partial charge in [0, 0.05) is 11.4 Å². The summed E-state index contributed by atoms with van der Waals surface area (Å²) in [6.45, 7) is 3.86. The van der Waals surface area contributed by atoms with E-state index in [4.69, 9.17) is 4.74 Å². The number of benzene rings is 3. The average Bonchev–Trinajstić information content (AvgIpc) is 2.80. The molecule has 0 fully saturated rings. The molecule has 0 bridgehead atoms. The fraction of sp³-hybridized carbons (Fsp3) is 0.115. The minimum atomic E-state index is -0.484. The second-order valence-corrected chi connectivity index (χ2v) is 7.19. The van der Waals surface area contributed by atoms with E-state index in [9.17, 15) is 14.9 Å². The molecule has 0 unspecified atom stereocenters. The van der Waals surface area contributed by atoms with E-state index >= 15 is 0 Å². The van der Waals surface area contributed by atoms with Gasteiger partial charge in [-0.05, 0) is 73.0 Å². The van der Waals surface area contributed by atoms with Gasteiger partial charge in [-0.15, -0.1) is 0 Å². The van der Waals surface area contributed by atoms with Gasteiger partial charge in [-0.25, -0.2) is 0 Å². The van der Waals surface area contributed by atoms with Gasteiger partial charge in [0.15, 0.2) is 6.61 Å². The number of aryl methyl sites for hydroxylation is 2. The van der Waals surface area contributed by atoms with Gasteiger partial charge in [-0.3, -0.25) is 9.59 Å². The largest absolute Gasteiger partial charge is 0.484 e. The highest BCUT2D eigenvalue weighted by atomic mass is 16.5. The van der Waals surface area contributed by atoms with Crippen LogP contribution in [0.25, 0.3) is 6.08 Å². The standard InChI is InChI=1S/C26H23N3O3/c1-18-8-11-23(14-19(18)2)28-25(30)17-32-24-12-9-20(10-13-24)15-21(16-27)26(31)29-22-6-4-3-5-7-22/h3-15H,17H2,1-2H3,(H,28,30)(H,29,31)/b21-15+. The van der Waals surface area contributed by atoms with Crippen LogP contribution in [0.15, 0.2) is 78.4 Å². The summed E-state index contributed by atoms with van der Waals surface area (Å²) in [6, 6.07) is 23.3. The zero-order valence-corrected chi connectivity index (χ0v) is 17.9. The third-order valence-corrected chi connectivity index (χ3v) is 4.75. The molecule has 0 aliphatic carbocycles. The second-order valence-electron chi connectivity index (χ2n) is 7.19. The molecule has 0 aliphatic rings. The molecular weight excluding hydrogens is 402 g/mol. The van der Waals surface area contributed by atoms with Gasteiger partial charge >= 0.3 is 0 Å². The monoisotopic (exact) mass is 425 g/mol. The number of amides is 2. The minimum Gasteiger partial charge on any atom is -0.484 e. The fourth-order valence-electron chi connectivity index (χ4n) is 2.86. The third-order valence-electron chi connectivity index (χ3n) is 4.75. The van der Waals surface area contributed by atoms with Gasteiger partial charge < -0.3 is 15.4 Å². The molecule has 160 valence electrons. The Morgan fingerprint density at radius 2 is 1.62 bits per heavy atom. The van der Waals surface area contributed by atoms with Crippen LogP contribution in [0.4, 0.5) is 11.4 Å². The summed E-state index contributed by atoms with van der Waals surface area (Å²) in [7, 11) is 0. The molecule has 2 N–H and O–H groups in total. The number of carbonyl (C=O) groups excluding carboxylic acids is 2. The van der Waals surface area contributed by atoms with Crippen molar-refractivity contribution in [2.75, 3.05) is 17.2 Å². The van der Waals surface area contributed by atoms with E-state index in [1.807, 2.05) is 44.2 Å². The van der Waals surface area contributed by atoms with E-state index in [1.165, 1.54) is 6.08 Å². The van der Waals surface area contributed by atoms with Crippen molar-refractivity contribution < 1.29 is 14.3 Å². The Hall–Kier alpha value is -4.37. The highest BCUT2D eigenvalue weighted by Gasteiger charge is 2.10. The molecular formula is C26H23N3O3. The third kappa shape index (κ3) is 6.31. The van der Waals surface area contributed by atoms with Gasteiger partial charge in [-0.2, -0.15) is 5.26 Å². The van der Waals surface area contributed by atoms with E-state index in [0.29, 0.717) is 17.0 Å². The molecule has 0 radical (unpaired) electrons. The molecule has 32 heavy (non-hydrogen) atoms. The van der Waals surface area contributed by atoms with E-state index < -0.39 is 5.91 Å². The summed E-state index contributed by atoms with van der Waals surface area (Å²) < 4.78 is 5.53. The Labute approximate surface area is 187 Å². The highest BCUT2D eigenvalue weighted by Crippen LogP contribution is 2.17. The lowest BCUT2D eigenvalue weighted by atomic mass is 10.1. The predicted molar refractivity (Wildman–Crippen MR) is 125 cm³/mol. The first-order valence-electron chi connectivity index (χ1n) is 10.0. The summed E-state index contributed by atoms with van der Waals surface area (Å²) in [4.78, 5) is 24.4. The molecule has 3 rings (SSSR count). The van der Waals surface area contributed by atoms with Crippen molar-refractivity contribution in [3.05, 3.63) is 95.1 Å². The van der Waals surface area contributed by atoms with Crippen LogP contribution in [0, 0.1) is 25.2 Å². The molecule has 0 heterocycles. The Kier molecular flexibility index (Phi) is 7.39. The van der Waals surface area contributed by atoms with E-state index in [1.54, 1.807) is 48.5 Å². The first-order chi connectivity index (χ1) is 15.4. The Morgan fingerprint density at radius 1 is 0.906 bits per heavy atom. The Morgan fingerprint density at radius 3 is 2.28 bits per heavy atom. The second kappa shape index (κ2) is 10.6. The molecule has 6 heteroatoms. The zero-order valence-electron chi connectivity index (χ0n) is 17.9. The Balaban J connectivity index is 1.56. The van der Waals surface area contributed by atoms with Crippen LogP contribution < -0.4 is 15.4 Å². The fourth-order valence-corrected chi connectivity index (χ4v) is 2.86. The smallest absolute Gasteiger partial charge is 0.266 e. The van der Waals surface area contributed by atoms with E-state index in [2.05, 4.69) is 10.6 Å². The lowest BCUT2D eigenvalue weighted by Gasteiger charge is -2.09. The number of para-hydroxylation sites is 1. The number of rotatable bonds is 7. The maximum absolute atomic E-state index is 12.3. The van der Waals surface area contributed by atoms with Crippen molar-refractivity contribution in [3.8, 4) is 11.8 Å². The summed E-state index contributed by atoms with van der Waals surface area (Å²) in [5, 5.41) is 14.8. The lowest BCUT2D eigenvalue weighted by molar-refractivity contribution is -0.118. The van der Waals surface area contributed by atoms with Gasteiger partial charge in [0.05, 0.1) is 0 Å². The summed E-state index contributed by atoms with van der Waals surface area (Å²) in [5.41, 5.74) is 4.24. The van der Waals surface area contributed by atoms with Crippen LogP contribution in [-0.2, 0) is 9.59 Å². The molecule has 0 aliphatic heterocycles. The first-order valence-corrected chi connectivity index (χ1v) is 10.0. The molecule has 2 amide bonds. The number of nitrogens with zero attached hydrogens (tertiary/aromatic N) is 1. The Bertz CT molecular complexity index is 1180. The van der Waals surface area contributed by atoms with E-state index in [-0.39, 0.29) is 18.1 Å². The number of hydrogen-bond acceptors (Lipinski definition) is 4. The SMILES string of the molecule is Cc1ccc(NC(=O)COc2ccc(/C=C(\C#N)C(=O)Nc3ccccc3)cc2)cc1C. The first kappa shape index (κ1) is 22.3. The number of ether oxygens (including phenoxy) is 1. The number of anilines is 2. The zero-order chi connectivity index (χ0) is 22.9. The van der Waals surface area contributed by atoms with Crippen LogP contribution in [-0.4, -0.2) is 18.4 Å². The number of carbonyl (C=O) groups is 2. The number of nitrogens with one attached hydrogen (secondary N) is 2. The van der Waals surface area contributed by atoms with Crippen molar-refractivity contribution >= 4 is 29.3 Å². The van der Waals surface area contributed by atoms with Crippen molar-refractivity contribution in [2.45, 2.75) is 13.8 Å². The topological polar surface area (TPSA) is 91.2 Å². The molecule has 3 aromatic rings. The van der Waals surface area contributed by atoms with Crippen LogP contribution in [0.5, 0.6) is 5.75 Å². The molecule has 0 saturated heterocycles. The summed E-state index contributed by atoms with van der Waals surface area (Å²) in [6.07, 6.45) is 1.49. The highest BCUT2D eigenvalue weighted by molar-refractivity contribution is 6.09. The van der Waals surface area contributed by atoms with Gasteiger partial charge in [-0.1, -0.05) is 36.4 Å². The van der Waals surface area contributed by atoms with Gasteiger partial charge in [0.2, 0.25) is 0 Å². The van der Waals surface area contributed by atoms with Crippen molar-refractivity contribution in [3.63, 3.8) is 0 Å². The van der Waals surface area contributed by atoms with Crippen molar-refractivity contribution in [2.24, 2.45) is 0 Å².